The zero-order valence-corrected chi connectivity index (χ0v) is 12.9. The zero-order valence-electron chi connectivity index (χ0n) is 11.5. The minimum absolute atomic E-state index is 0.115. The van der Waals surface area contributed by atoms with E-state index in [1.807, 2.05) is 0 Å². The second-order valence-corrected chi connectivity index (χ2v) is 7.19. The van der Waals surface area contributed by atoms with Crippen molar-refractivity contribution in [1.82, 2.24) is 0 Å². The Bertz CT molecular complexity index is 526. The Morgan fingerprint density at radius 1 is 0.909 bits per heavy atom. The molecule has 2 atom stereocenters. The Kier molecular flexibility index (Phi) is 5.53. The van der Waals surface area contributed by atoms with Gasteiger partial charge in [-0.3, -0.25) is 0 Å². The summed E-state index contributed by atoms with van der Waals surface area (Å²) in [5, 5.41) is 17.3. The van der Waals surface area contributed by atoms with Crippen molar-refractivity contribution in [1.29, 1.82) is 0 Å². The van der Waals surface area contributed by atoms with E-state index >= 15 is 0 Å². The Hall–Kier alpha value is -1.03. The van der Waals surface area contributed by atoms with Crippen LogP contribution in [0.4, 0.5) is 22.0 Å². The van der Waals surface area contributed by atoms with Crippen LogP contribution >= 0.6 is 0 Å². The Labute approximate surface area is 125 Å². The number of aliphatic hydroxyl groups is 2. The van der Waals surface area contributed by atoms with Gasteiger partial charge in [-0.05, 0) is 24.3 Å². The first-order valence-corrected chi connectivity index (χ1v) is 8.21. The zero-order chi connectivity index (χ0) is 16.4. The van der Waals surface area contributed by atoms with Crippen LogP contribution in [0.1, 0.15) is 37.2 Å². The molecule has 1 aromatic rings. The highest BCUT2D eigenvalue weighted by molar-refractivity contribution is 6.29. The quantitative estimate of drug-likeness (QED) is 0.290. The van der Waals surface area contributed by atoms with Gasteiger partial charge in [0, 0.05) is 5.56 Å². The molecule has 1 aliphatic rings. The molecule has 0 saturated heterocycles. The van der Waals surface area contributed by atoms with E-state index in [2.05, 4.69) is 0 Å². The normalized spacial score (nSPS) is 22.9. The number of aliphatic hydroxyl groups excluding tert-OH is 1. The molecule has 9 heteroatoms. The SMILES string of the molecule is OC(O)O[SiH2]C1CCCC(c2c(F)c(F)c(F)c(F)c2F)C1. The van der Waals surface area contributed by atoms with Gasteiger partial charge in [0.25, 0.3) is 6.48 Å². The van der Waals surface area contributed by atoms with Gasteiger partial charge in [-0.1, -0.05) is 12.8 Å². The molecule has 0 heterocycles. The average molecular weight is 342 g/mol. The third-order valence-corrected chi connectivity index (χ3v) is 5.62. The van der Waals surface area contributed by atoms with Crippen molar-refractivity contribution in [3.63, 3.8) is 0 Å². The lowest BCUT2D eigenvalue weighted by Crippen LogP contribution is -2.23. The standard InChI is InChI=1S/C13H15F5O3Si/c14-8-7(9(15)11(17)12(18)10(8)16)5-2-1-3-6(4-5)22-21-13(19)20/h5-6,13,19-20H,1-4,22H2. The summed E-state index contributed by atoms with van der Waals surface area (Å²) in [6, 6.07) is 0. The largest absolute Gasteiger partial charge is 0.379 e. The van der Waals surface area contributed by atoms with Gasteiger partial charge in [0.1, 0.15) is 0 Å². The second kappa shape index (κ2) is 7.03. The summed E-state index contributed by atoms with van der Waals surface area (Å²) in [5.41, 5.74) is -0.893. The molecule has 1 saturated carbocycles. The van der Waals surface area contributed by atoms with Crippen LogP contribution in [0.5, 0.6) is 0 Å². The molecule has 0 aliphatic heterocycles. The Balaban J connectivity index is 2.24. The summed E-state index contributed by atoms with van der Waals surface area (Å²) in [5.74, 6) is -10.4. The molecule has 1 fully saturated rings. The lowest BCUT2D eigenvalue weighted by Gasteiger charge is -2.29. The molecule has 124 valence electrons. The van der Waals surface area contributed by atoms with Gasteiger partial charge in [-0.2, -0.15) is 0 Å². The molecule has 2 N–H and O–H groups in total. The van der Waals surface area contributed by atoms with Gasteiger partial charge < -0.3 is 14.6 Å². The molecule has 0 spiro atoms. The third kappa shape index (κ3) is 3.48. The minimum Gasteiger partial charge on any atom is -0.379 e. The molecular weight excluding hydrogens is 327 g/mol. The van der Waals surface area contributed by atoms with Crippen molar-refractivity contribution < 1.29 is 36.6 Å². The third-order valence-electron chi connectivity index (χ3n) is 3.92. The van der Waals surface area contributed by atoms with E-state index in [9.17, 15) is 22.0 Å². The topological polar surface area (TPSA) is 49.7 Å². The average Bonchev–Trinajstić information content (AvgIpc) is 2.50. The lowest BCUT2D eigenvalue weighted by atomic mass is 9.83. The van der Waals surface area contributed by atoms with Crippen LogP contribution in [0.3, 0.4) is 0 Å². The summed E-state index contributed by atoms with van der Waals surface area (Å²) >= 11 is 0. The maximum Gasteiger partial charge on any atom is 0.256 e. The molecule has 2 unspecified atom stereocenters. The first kappa shape index (κ1) is 17.3. The van der Waals surface area contributed by atoms with Gasteiger partial charge in [-0.25, -0.2) is 22.0 Å². The smallest absolute Gasteiger partial charge is 0.256 e. The van der Waals surface area contributed by atoms with E-state index in [-0.39, 0.29) is 12.0 Å². The number of rotatable bonds is 4. The van der Waals surface area contributed by atoms with Crippen LogP contribution in [0, 0.1) is 29.1 Å². The van der Waals surface area contributed by atoms with Gasteiger partial charge in [0.15, 0.2) is 33.0 Å². The number of halogens is 5. The van der Waals surface area contributed by atoms with Crippen LogP contribution in [0.25, 0.3) is 0 Å². The van der Waals surface area contributed by atoms with E-state index in [4.69, 9.17) is 14.6 Å². The van der Waals surface area contributed by atoms with Crippen LogP contribution in [0.15, 0.2) is 0 Å². The summed E-state index contributed by atoms with van der Waals surface area (Å²) in [4.78, 5) is 0. The molecule has 1 aromatic carbocycles. The van der Waals surface area contributed by atoms with E-state index < -0.39 is 56.8 Å². The van der Waals surface area contributed by atoms with Gasteiger partial charge >= 0.3 is 0 Å². The monoisotopic (exact) mass is 342 g/mol. The number of hydrogen-bond donors (Lipinski definition) is 2. The number of hydrogen-bond acceptors (Lipinski definition) is 3. The maximum absolute atomic E-state index is 13.8. The number of benzene rings is 1. The summed E-state index contributed by atoms with van der Waals surface area (Å²) < 4.78 is 71.9. The van der Waals surface area contributed by atoms with E-state index in [1.165, 1.54) is 0 Å². The molecule has 3 nitrogen and oxygen atoms in total. The molecule has 22 heavy (non-hydrogen) atoms. The van der Waals surface area contributed by atoms with Crippen LogP contribution < -0.4 is 0 Å². The molecule has 0 amide bonds. The van der Waals surface area contributed by atoms with Crippen molar-refractivity contribution in [2.24, 2.45) is 0 Å². The minimum atomic E-state index is -2.16. The summed E-state index contributed by atoms with van der Waals surface area (Å²) in [7, 11) is -1.38. The Morgan fingerprint density at radius 3 is 2.00 bits per heavy atom. The molecular formula is C13H15F5O3Si. The molecule has 2 rings (SSSR count). The highest BCUT2D eigenvalue weighted by Crippen LogP contribution is 2.42. The second-order valence-electron chi connectivity index (χ2n) is 5.37. The molecule has 0 radical (unpaired) electrons. The predicted molar refractivity (Wildman–Crippen MR) is 69.0 cm³/mol. The van der Waals surface area contributed by atoms with Crippen molar-refractivity contribution in [3.8, 4) is 0 Å². The van der Waals surface area contributed by atoms with Crippen LogP contribution in [-0.2, 0) is 4.43 Å². The maximum atomic E-state index is 13.8. The Morgan fingerprint density at radius 2 is 1.45 bits per heavy atom. The molecule has 0 aromatic heterocycles. The highest BCUT2D eigenvalue weighted by Gasteiger charge is 2.33. The van der Waals surface area contributed by atoms with Crippen molar-refractivity contribution in [3.05, 3.63) is 34.6 Å². The van der Waals surface area contributed by atoms with Gasteiger partial charge in [-0.15, -0.1) is 0 Å². The summed E-state index contributed by atoms with van der Waals surface area (Å²) in [6.45, 7) is -1.90. The fourth-order valence-electron chi connectivity index (χ4n) is 2.91. The predicted octanol–water partition coefficient (Wildman–Crippen LogP) is 2.20. The first-order valence-electron chi connectivity index (χ1n) is 6.82. The fourth-order valence-corrected chi connectivity index (χ4v) is 4.35. The van der Waals surface area contributed by atoms with Gasteiger partial charge in [0.2, 0.25) is 5.82 Å². The van der Waals surface area contributed by atoms with Crippen molar-refractivity contribution in [2.45, 2.75) is 43.6 Å². The summed E-state index contributed by atoms with van der Waals surface area (Å²) in [6.07, 6.45) is 1.74. The van der Waals surface area contributed by atoms with Crippen molar-refractivity contribution >= 4 is 9.76 Å². The fraction of sp³-hybridized carbons (Fsp3) is 0.538. The van der Waals surface area contributed by atoms with Crippen LogP contribution in [0.2, 0.25) is 5.54 Å². The first-order chi connectivity index (χ1) is 10.3. The van der Waals surface area contributed by atoms with Gasteiger partial charge in [0.05, 0.1) is 0 Å². The van der Waals surface area contributed by atoms with Crippen molar-refractivity contribution in [2.75, 3.05) is 0 Å². The van der Waals surface area contributed by atoms with E-state index in [0.29, 0.717) is 19.3 Å². The van der Waals surface area contributed by atoms with E-state index in [0.717, 1.165) is 0 Å². The van der Waals surface area contributed by atoms with Crippen LogP contribution in [-0.4, -0.2) is 26.5 Å². The lowest BCUT2D eigenvalue weighted by molar-refractivity contribution is -0.180. The molecule has 1 aliphatic carbocycles. The van der Waals surface area contributed by atoms with E-state index in [1.54, 1.807) is 0 Å². The highest BCUT2D eigenvalue weighted by atomic mass is 28.2. The molecule has 0 bridgehead atoms.